The molecule has 0 spiro atoms. The fraction of sp³-hybridized carbons (Fsp3) is 0.500. The summed E-state index contributed by atoms with van der Waals surface area (Å²) in [5, 5.41) is 11.5. The first-order valence-corrected chi connectivity index (χ1v) is 10.1. The van der Waals surface area contributed by atoms with Gasteiger partial charge in [0.05, 0.1) is 5.60 Å². The summed E-state index contributed by atoms with van der Waals surface area (Å²) in [4.78, 5) is 2.31. The van der Waals surface area contributed by atoms with E-state index in [0.717, 1.165) is 43.5 Å². The molecule has 0 bridgehead atoms. The second-order valence-electron chi connectivity index (χ2n) is 8.46. The van der Waals surface area contributed by atoms with E-state index in [-0.39, 0.29) is 11.7 Å². The van der Waals surface area contributed by atoms with Gasteiger partial charge in [0, 0.05) is 19.0 Å². The van der Waals surface area contributed by atoms with Gasteiger partial charge in [-0.3, -0.25) is 0 Å². The van der Waals surface area contributed by atoms with E-state index in [1.807, 2.05) is 12.1 Å². The summed E-state index contributed by atoms with van der Waals surface area (Å²) < 4.78 is 13.6. The van der Waals surface area contributed by atoms with Crippen LogP contribution in [0, 0.1) is 11.7 Å². The highest BCUT2D eigenvalue weighted by molar-refractivity contribution is 5.37. The van der Waals surface area contributed by atoms with Crippen LogP contribution in [0.5, 0.6) is 0 Å². The van der Waals surface area contributed by atoms with Crippen LogP contribution in [0.1, 0.15) is 49.3 Å². The first-order chi connectivity index (χ1) is 12.9. The third-order valence-electron chi connectivity index (χ3n) is 6.06. The number of aryl methyl sites for hydroxylation is 1. The first-order valence-electron chi connectivity index (χ1n) is 10.1. The number of hydrogen-bond acceptors (Lipinski definition) is 2. The average molecular weight is 370 g/mol. The van der Waals surface area contributed by atoms with E-state index in [9.17, 15) is 9.50 Å². The van der Waals surface area contributed by atoms with Crippen LogP contribution in [0.4, 0.5) is 4.39 Å². The molecule has 3 rings (SSSR count). The fourth-order valence-electron chi connectivity index (χ4n) is 4.61. The molecule has 2 nitrogen and oxygen atoms in total. The van der Waals surface area contributed by atoms with E-state index in [1.165, 1.54) is 11.6 Å². The number of aliphatic hydroxyl groups is 1. The van der Waals surface area contributed by atoms with E-state index >= 15 is 0 Å². The van der Waals surface area contributed by atoms with Crippen molar-refractivity contribution in [2.45, 2.75) is 51.0 Å². The van der Waals surface area contributed by atoms with Crippen molar-refractivity contribution >= 4 is 0 Å². The van der Waals surface area contributed by atoms with Crippen LogP contribution in [-0.2, 0) is 12.8 Å². The quantitative estimate of drug-likeness (QED) is 0.757. The summed E-state index contributed by atoms with van der Waals surface area (Å²) in [6.45, 7) is 6.16. The van der Waals surface area contributed by atoms with Crippen LogP contribution in [0.25, 0.3) is 0 Å². The second-order valence-corrected chi connectivity index (χ2v) is 8.46. The first kappa shape index (κ1) is 20.0. The van der Waals surface area contributed by atoms with Crippen molar-refractivity contribution in [2.75, 3.05) is 20.1 Å². The van der Waals surface area contributed by atoms with E-state index in [1.54, 1.807) is 6.07 Å². The Morgan fingerprint density at radius 1 is 1.15 bits per heavy atom. The Morgan fingerprint density at radius 2 is 1.89 bits per heavy atom. The molecule has 2 aromatic carbocycles. The molecule has 0 fully saturated rings. The van der Waals surface area contributed by atoms with E-state index in [4.69, 9.17) is 0 Å². The molecule has 0 aromatic heterocycles. The van der Waals surface area contributed by atoms with E-state index in [0.29, 0.717) is 12.3 Å². The van der Waals surface area contributed by atoms with Gasteiger partial charge in [-0.05, 0) is 67.5 Å². The third kappa shape index (κ3) is 4.77. The molecule has 0 amide bonds. The van der Waals surface area contributed by atoms with Crippen LogP contribution >= 0.6 is 0 Å². The molecule has 1 aliphatic carbocycles. The Bertz CT molecular complexity index is 745. The lowest BCUT2D eigenvalue weighted by Gasteiger charge is -2.44. The molecule has 2 aromatic rings. The molecule has 146 valence electrons. The summed E-state index contributed by atoms with van der Waals surface area (Å²) in [6.07, 6.45) is 3.23. The van der Waals surface area contributed by atoms with Gasteiger partial charge in [-0.25, -0.2) is 4.39 Å². The molecule has 0 saturated carbocycles. The standard InChI is InChI=1S/C24H32FNO/c1-18(2)23-22-10-9-21(25)17-20(22)11-13-24(23,27)14-16-26(3)15-12-19-7-5-4-6-8-19/h4-10,17-18,23,27H,11-16H2,1-3H3/t23-,24-/m0/s1. The van der Waals surface area contributed by atoms with E-state index in [2.05, 4.69) is 50.1 Å². The van der Waals surface area contributed by atoms with Crippen molar-refractivity contribution in [1.29, 1.82) is 0 Å². The number of benzene rings is 2. The van der Waals surface area contributed by atoms with Crippen LogP contribution in [0.2, 0.25) is 0 Å². The zero-order valence-corrected chi connectivity index (χ0v) is 16.8. The normalized spacial score (nSPS) is 22.3. The van der Waals surface area contributed by atoms with Crippen LogP contribution in [0.15, 0.2) is 48.5 Å². The Kier molecular flexibility index (Phi) is 6.33. The van der Waals surface area contributed by atoms with Crippen LogP contribution < -0.4 is 0 Å². The summed E-state index contributed by atoms with van der Waals surface area (Å²) >= 11 is 0. The minimum atomic E-state index is -0.722. The Morgan fingerprint density at radius 3 is 2.59 bits per heavy atom. The van der Waals surface area contributed by atoms with Gasteiger partial charge >= 0.3 is 0 Å². The van der Waals surface area contributed by atoms with Gasteiger partial charge in [0.15, 0.2) is 0 Å². The smallest absolute Gasteiger partial charge is 0.123 e. The number of fused-ring (bicyclic) bond motifs is 1. The van der Waals surface area contributed by atoms with Gasteiger partial charge in [-0.15, -0.1) is 0 Å². The molecule has 0 aliphatic heterocycles. The molecule has 27 heavy (non-hydrogen) atoms. The maximum Gasteiger partial charge on any atom is 0.123 e. The summed E-state index contributed by atoms with van der Waals surface area (Å²) in [5.41, 5.74) is 2.82. The fourth-order valence-corrected chi connectivity index (χ4v) is 4.61. The van der Waals surface area contributed by atoms with Gasteiger partial charge < -0.3 is 10.0 Å². The van der Waals surface area contributed by atoms with Crippen LogP contribution in [-0.4, -0.2) is 35.7 Å². The van der Waals surface area contributed by atoms with Gasteiger partial charge in [0.2, 0.25) is 0 Å². The number of likely N-dealkylation sites (N-methyl/N-ethyl adjacent to an activating group) is 1. The molecule has 1 N–H and O–H groups in total. The Balaban J connectivity index is 1.65. The summed E-state index contributed by atoms with van der Waals surface area (Å²) in [5.74, 6) is 0.195. The van der Waals surface area contributed by atoms with Crippen molar-refractivity contribution in [3.05, 3.63) is 71.0 Å². The SMILES string of the molecule is CC(C)[C@H]1c2ccc(F)cc2CC[C@]1(O)CCN(C)CCc1ccccc1. The Hall–Kier alpha value is -1.71. The lowest BCUT2D eigenvalue weighted by Crippen LogP contribution is -2.45. The number of nitrogens with zero attached hydrogens (tertiary/aromatic N) is 1. The molecular formula is C24H32FNO. The molecule has 0 heterocycles. The monoisotopic (exact) mass is 369 g/mol. The summed E-state index contributed by atoms with van der Waals surface area (Å²) in [7, 11) is 2.13. The van der Waals surface area contributed by atoms with Gasteiger partial charge in [0.1, 0.15) is 5.82 Å². The minimum Gasteiger partial charge on any atom is -0.389 e. The molecule has 1 aliphatic rings. The van der Waals surface area contributed by atoms with Crippen LogP contribution in [0.3, 0.4) is 0 Å². The number of rotatable bonds is 7. The number of halogens is 1. The number of hydrogen-bond donors (Lipinski definition) is 1. The molecular weight excluding hydrogens is 337 g/mol. The van der Waals surface area contributed by atoms with Gasteiger partial charge in [0.25, 0.3) is 0 Å². The zero-order chi connectivity index (χ0) is 19.4. The maximum absolute atomic E-state index is 13.6. The third-order valence-corrected chi connectivity index (χ3v) is 6.06. The molecule has 0 unspecified atom stereocenters. The second kappa shape index (κ2) is 8.53. The van der Waals surface area contributed by atoms with Crippen molar-refractivity contribution in [2.24, 2.45) is 5.92 Å². The molecule has 0 saturated heterocycles. The highest BCUT2D eigenvalue weighted by Gasteiger charge is 2.43. The van der Waals surface area contributed by atoms with Gasteiger partial charge in [-0.1, -0.05) is 50.2 Å². The predicted octanol–water partition coefficient (Wildman–Crippen LogP) is 4.81. The topological polar surface area (TPSA) is 23.5 Å². The average Bonchev–Trinajstić information content (AvgIpc) is 2.65. The van der Waals surface area contributed by atoms with E-state index < -0.39 is 5.60 Å². The molecule has 3 heteroatoms. The molecule has 0 radical (unpaired) electrons. The minimum absolute atomic E-state index is 0.0596. The van der Waals surface area contributed by atoms with Crippen molar-refractivity contribution in [3.63, 3.8) is 0 Å². The van der Waals surface area contributed by atoms with Crippen molar-refractivity contribution in [1.82, 2.24) is 4.90 Å². The lowest BCUT2D eigenvalue weighted by molar-refractivity contribution is -0.0300. The summed E-state index contributed by atoms with van der Waals surface area (Å²) in [6, 6.07) is 15.6. The largest absolute Gasteiger partial charge is 0.389 e. The predicted molar refractivity (Wildman–Crippen MR) is 110 cm³/mol. The van der Waals surface area contributed by atoms with Crippen molar-refractivity contribution in [3.8, 4) is 0 Å². The van der Waals surface area contributed by atoms with Gasteiger partial charge in [-0.2, -0.15) is 0 Å². The highest BCUT2D eigenvalue weighted by Crippen LogP contribution is 2.45. The van der Waals surface area contributed by atoms with Crippen molar-refractivity contribution < 1.29 is 9.50 Å². The molecule has 2 atom stereocenters. The highest BCUT2D eigenvalue weighted by atomic mass is 19.1. The maximum atomic E-state index is 13.6. The lowest BCUT2D eigenvalue weighted by atomic mass is 9.66. The Labute approximate surface area is 163 Å². The zero-order valence-electron chi connectivity index (χ0n) is 16.8.